The maximum absolute atomic E-state index is 2.62. The van der Waals surface area contributed by atoms with Gasteiger partial charge in [-0.25, -0.2) is 0 Å². The Balaban J connectivity index is 2.45. The van der Waals surface area contributed by atoms with Crippen LogP contribution in [0.3, 0.4) is 0 Å². The minimum Gasteiger partial charge on any atom is -0.0654 e. The van der Waals surface area contributed by atoms with Gasteiger partial charge in [-0.2, -0.15) is 0 Å². The zero-order valence-electron chi connectivity index (χ0n) is 16.6. The molecule has 0 saturated heterocycles. The summed E-state index contributed by atoms with van der Waals surface area (Å²) >= 11 is 0. The second kappa shape index (κ2) is 9.33. The molecule has 3 atom stereocenters. The van der Waals surface area contributed by atoms with Crippen LogP contribution in [0.5, 0.6) is 0 Å². The molecule has 0 amide bonds. The normalized spacial score (nSPS) is 28.9. The summed E-state index contributed by atoms with van der Waals surface area (Å²) in [6.07, 6.45) is 17.3. The van der Waals surface area contributed by atoms with Crippen LogP contribution in [0.15, 0.2) is 0 Å². The molecule has 0 aromatic rings. The molecule has 0 N–H and O–H groups in total. The minimum absolute atomic E-state index is 0.581. The molecule has 0 nitrogen and oxygen atoms in total. The molecule has 0 spiro atoms. The van der Waals surface area contributed by atoms with Gasteiger partial charge in [-0.3, -0.25) is 0 Å². The molecule has 1 saturated carbocycles. The third-order valence-electron chi connectivity index (χ3n) is 6.86. The SMILES string of the molecule is CCCCCCC1C(C)(C)CCC1(C)CCCCC(C)CC. The average molecular weight is 309 g/mol. The fraction of sp³-hybridized carbons (Fsp3) is 1.00. The van der Waals surface area contributed by atoms with Crippen molar-refractivity contribution >= 4 is 0 Å². The van der Waals surface area contributed by atoms with Crippen molar-refractivity contribution in [1.82, 2.24) is 0 Å². The molecule has 0 aromatic carbocycles. The summed E-state index contributed by atoms with van der Waals surface area (Å²) in [5.41, 5.74) is 1.21. The predicted molar refractivity (Wildman–Crippen MR) is 101 cm³/mol. The lowest BCUT2D eigenvalue weighted by atomic mass is 9.67. The Morgan fingerprint density at radius 1 is 0.909 bits per heavy atom. The molecule has 0 heterocycles. The fourth-order valence-electron chi connectivity index (χ4n) is 4.94. The largest absolute Gasteiger partial charge is 0.0654 e. The average Bonchev–Trinajstić information content (AvgIpc) is 2.71. The van der Waals surface area contributed by atoms with E-state index in [4.69, 9.17) is 0 Å². The van der Waals surface area contributed by atoms with E-state index in [-0.39, 0.29) is 0 Å². The van der Waals surface area contributed by atoms with E-state index in [2.05, 4.69) is 41.5 Å². The van der Waals surface area contributed by atoms with Gasteiger partial charge in [-0.05, 0) is 48.3 Å². The van der Waals surface area contributed by atoms with E-state index in [1.807, 2.05) is 0 Å². The molecule has 1 fully saturated rings. The number of hydrogen-bond donors (Lipinski definition) is 0. The third-order valence-corrected chi connectivity index (χ3v) is 6.86. The highest BCUT2D eigenvalue weighted by molar-refractivity contribution is 4.98. The van der Waals surface area contributed by atoms with E-state index in [0.29, 0.717) is 10.8 Å². The van der Waals surface area contributed by atoms with E-state index in [1.54, 1.807) is 0 Å². The molecule has 0 radical (unpaired) electrons. The summed E-state index contributed by atoms with van der Waals surface area (Å²) < 4.78 is 0. The van der Waals surface area contributed by atoms with Crippen molar-refractivity contribution < 1.29 is 0 Å². The van der Waals surface area contributed by atoms with Crippen LogP contribution in [0.2, 0.25) is 0 Å². The van der Waals surface area contributed by atoms with E-state index < -0.39 is 0 Å². The van der Waals surface area contributed by atoms with Gasteiger partial charge in [0.05, 0.1) is 0 Å². The van der Waals surface area contributed by atoms with Gasteiger partial charge in [-0.15, -0.1) is 0 Å². The van der Waals surface area contributed by atoms with Crippen molar-refractivity contribution in [2.45, 2.75) is 119 Å². The first-order valence-electron chi connectivity index (χ1n) is 10.4. The lowest BCUT2D eigenvalue weighted by Gasteiger charge is -2.38. The van der Waals surface area contributed by atoms with Gasteiger partial charge in [0.15, 0.2) is 0 Å². The Morgan fingerprint density at radius 2 is 1.64 bits per heavy atom. The Bertz CT molecular complexity index is 290. The van der Waals surface area contributed by atoms with Crippen molar-refractivity contribution in [2.24, 2.45) is 22.7 Å². The molecule has 0 aliphatic heterocycles. The summed E-state index contributed by atoms with van der Waals surface area (Å²) in [5.74, 6) is 1.89. The Labute approximate surface area is 141 Å². The molecule has 0 heteroatoms. The fourth-order valence-corrected chi connectivity index (χ4v) is 4.94. The quantitative estimate of drug-likeness (QED) is 0.339. The zero-order chi connectivity index (χ0) is 16.6. The zero-order valence-corrected chi connectivity index (χ0v) is 16.6. The van der Waals surface area contributed by atoms with Gasteiger partial charge in [0.2, 0.25) is 0 Å². The molecule has 1 rings (SSSR count). The Hall–Kier alpha value is 0. The van der Waals surface area contributed by atoms with Gasteiger partial charge in [-0.1, -0.05) is 92.9 Å². The Kier molecular flexibility index (Phi) is 8.50. The first-order valence-corrected chi connectivity index (χ1v) is 10.4. The van der Waals surface area contributed by atoms with Crippen LogP contribution in [-0.4, -0.2) is 0 Å². The minimum atomic E-state index is 0.581. The molecule has 22 heavy (non-hydrogen) atoms. The highest BCUT2D eigenvalue weighted by Gasteiger charge is 2.48. The molecule has 132 valence electrons. The smallest absolute Gasteiger partial charge is 0.0292 e. The van der Waals surface area contributed by atoms with Gasteiger partial charge < -0.3 is 0 Å². The molecule has 1 aliphatic carbocycles. The van der Waals surface area contributed by atoms with E-state index in [1.165, 1.54) is 77.0 Å². The first-order chi connectivity index (χ1) is 10.4. The number of hydrogen-bond acceptors (Lipinski definition) is 0. The van der Waals surface area contributed by atoms with Crippen molar-refractivity contribution in [1.29, 1.82) is 0 Å². The van der Waals surface area contributed by atoms with Gasteiger partial charge in [0.1, 0.15) is 0 Å². The van der Waals surface area contributed by atoms with Crippen molar-refractivity contribution in [3.63, 3.8) is 0 Å². The standard InChI is InChI=1S/C22H44/c1-7-9-10-11-15-20-21(4,5)17-18-22(20,6)16-13-12-14-19(3)8-2/h19-20H,7-18H2,1-6H3. The maximum atomic E-state index is 2.62. The van der Waals surface area contributed by atoms with Crippen LogP contribution >= 0.6 is 0 Å². The molecular formula is C22H44. The molecule has 1 aliphatic rings. The summed E-state index contributed by atoms with van der Waals surface area (Å²) in [4.78, 5) is 0. The third kappa shape index (κ3) is 5.89. The summed E-state index contributed by atoms with van der Waals surface area (Å²) in [6, 6.07) is 0. The summed E-state index contributed by atoms with van der Waals surface area (Å²) in [5, 5.41) is 0. The lowest BCUT2D eigenvalue weighted by Crippen LogP contribution is -2.30. The van der Waals surface area contributed by atoms with Crippen LogP contribution in [0.1, 0.15) is 119 Å². The van der Waals surface area contributed by atoms with Crippen LogP contribution in [0.4, 0.5) is 0 Å². The monoisotopic (exact) mass is 308 g/mol. The Morgan fingerprint density at radius 3 is 2.27 bits per heavy atom. The van der Waals surface area contributed by atoms with Gasteiger partial charge in [0, 0.05) is 0 Å². The molecular weight excluding hydrogens is 264 g/mol. The second-order valence-electron chi connectivity index (χ2n) is 9.30. The molecule has 0 aromatic heterocycles. The lowest BCUT2D eigenvalue weighted by molar-refractivity contribution is 0.113. The predicted octanol–water partition coefficient (Wildman–Crippen LogP) is 8.01. The van der Waals surface area contributed by atoms with Crippen LogP contribution in [0, 0.1) is 22.7 Å². The summed E-state index contributed by atoms with van der Waals surface area (Å²) in [6.45, 7) is 14.8. The number of rotatable bonds is 11. The van der Waals surface area contributed by atoms with Crippen molar-refractivity contribution in [3.8, 4) is 0 Å². The highest BCUT2D eigenvalue weighted by Crippen LogP contribution is 2.58. The van der Waals surface area contributed by atoms with Crippen molar-refractivity contribution in [2.75, 3.05) is 0 Å². The topological polar surface area (TPSA) is 0 Å². The molecule has 0 bridgehead atoms. The first kappa shape index (κ1) is 20.0. The summed E-state index contributed by atoms with van der Waals surface area (Å²) in [7, 11) is 0. The van der Waals surface area contributed by atoms with E-state index >= 15 is 0 Å². The number of unbranched alkanes of at least 4 members (excludes halogenated alkanes) is 4. The van der Waals surface area contributed by atoms with Crippen LogP contribution < -0.4 is 0 Å². The molecule has 3 unspecified atom stereocenters. The van der Waals surface area contributed by atoms with Crippen LogP contribution in [0.25, 0.3) is 0 Å². The van der Waals surface area contributed by atoms with Crippen molar-refractivity contribution in [3.05, 3.63) is 0 Å². The second-order valence-corrected chi connectivity index (χ2v) is 9.30. The van der Waals surface area contributed by atoms with Crippen LogP contribution in [-0.2, 0) is 0 Å². The maximum Gasteiger partial charge on any atom is -0.0292 e. The van der Waals surface area contributed by atoms with Gasteiger partial charge >= 0.3 is 0 Å². The highest BCUT2D eigenvalue weighted by atomic mass is 14.5. The van der Waals surface area contributed by atoms with E-state index in [9.17, 15) is 0 Å². The van der Waals surface area contributed by atoms with Gasteiger partial charge in [0.25, 0.3) is 0 Å². The van der Waals surface area contributed by atoms with E-state index in [0.717, 1.165) is 11.8 Å².